The Morgan fingerprint density at radius 1 is 1.26 bits per heavy atom. The van der Waals surface area contributed by atoms with Gasteiger partial charge >= 0.3 is 6.29 Å². The van der Waals surface area contributed by atoms with Crippen molar-refractivity contribution >= 4 is 18.3 Å². The van der Waals surface area contributed by atoms with Gasteiger partial charge in [0.05, 0.1) is 0 Å². The number of alkyl halides is 2. The number of rotatable bonds is 4. The highest BCUT2D eigenvalue weighted by atomic mass is 35.5. The summed E-state index contributed by atoms with van der Waals surface area (Å²) in [7, 11) is 0. The molecule has 23 heavy (non-hydrogen) atoms. The number of fused-ring (bicyclic) bond motifs is 1. The van der Waals surface area contributed by atoms with Gasteiger partial charge in [0.25, 0.3) is 5.91 Å². The maximum absolute atomic E-state index is 12.9. The summed E-state index contributed by atoms with van der Waals surface area (Å²) in [6.45, 7) is -0.199. The molecule has 6 nitrogen and oxygen atoms in total. The first-order valence-corrected chi connectivity index (χ1v) is 6.89. The Morgan fingerprint density at radius 2 is 1.91 bits per heavy atom. The van der Waals surface area contributed by atoms with Crippen molar-refractivity contribution in [2.75, 3.05) is 6.61 Å². The van der Waals surface area contributed by atoms with Crippen molar-refractivity contribution in [3.8, 4) is 17.2 Å². The predicted molar refractivity (Wildman–Crippen MR) is 77.0 cm³/mol. The van der Waals surface area contributed by atoms with Crippen LogP contribution in [0.5, 0.6) is 17.2 Å². The highest BCUT2D eigenvalue weighted by molar-refractivity contribution is 5.85. The van der Waals surface area contributed by atoms with Crippen LogP contribution in [0.1, 0.15) is 19.3 Å². The second-order valence-corrected chi connectivity index (χ2v) is 6.29. The SMILES string of the molecule is Cl.NC12CC(NC(=O)COc3ccc4c(c3)OC(F)(F)O4)(C1)C2. The number of carbonyl (C=O) groups is 1. The Hall–Kier alpha value is -1.80. The lowest BCUT2D eigenvalue weighted by Gasteiger charge is -2.68. The van der Waals surface area contributed by atoms with Crippen LogP contribution in [-0.4, -0.2) is 29.9 Å². The topological polar surface area (TPSA) is 82.8 Å². The Labute approximate surface area is 136 Å². The Bertz CT molecular complexity index is 650. The van der Waals surface area contributed by atoms with Crippen LogP contribution < -0.4 is 25.3 Å². The lowest BCUT2D eigenvalue weighted by molar-refractivity contribution is -0.286. The minimum atomic E-state index is -3.67. The molecule has 0 unspecified atom stereocenters. The van der Waals surface area contributed by atoms with E-state index >= 15 is 0 Å². The fourth-order valence-corrected chi connectivity index (χ4v) is 3.50. The normalized spacial score (nSPS) is 31.3. The van der Waals surface area contributed by atoms with Crippen LogP contribution in [0.15, 0.2) is 18.2 Å². The van der Waals surface area contributed by atoms with Crippen molar-refractivity contribution < 1.29 is 27.8 Å². The molecule has 3 fully saturated rings. The van der Waals surface area contributed by atoms with Crippen LogP contribution in [0.2, 0.25) is 0 Å². The molecule has 4 aliphatic rings. The van der Waals surface area contributed by atoms with Gasteiger partial charge in [0, 0.05) is 17.1 Å². The second-order valence-electron chi connectivity index (χ2n) is 6.29. The summed E-state index contributed by atoms with van der Waals surface area (Å²) < 4.78 is 39.7. The molecule has 1 aromatic carbocycles. The molecule has 5 rings (SSSR count). The van der Waals surface area contributed by atoms with Gasteiger partial charge in [-0.05, 0) is 31.4 Å². The van der Waals surface area contributed by atoms with E-state index in [9.17, 15) is 13.6 Å². The molecular formula is C14H15ClF2N2O4. The fourth-order valence-electron chi connectivity index (χ4n) is 3.50. The first-order valence-electron chi connectivity index (χ1n) is 6.89. The van der Waals surface area contributed by atoms with Gasteiger partial charge in [-0.2, -0.15) is 0 Å². The molecular weight excluding hydrogens is 334 g/mol. The van der Waals surface area contributed by atoms with E-state index < -0.39 is 6.29 Å². The number of carbonyl (C=O) groups excluding carboxylic acids is 1. The zero-order valence-electron chi connectivity index (χ0n) is 11.9. The lowest BCUT2D eigenvalue weighted by Crippen LogP contribution is -2.82. The molecule has 1 aromatic rings. The largest absolute Gasteiger partial charge is 0.586 e. The third-order valence-electron chi connectivity index (χ3n) is 4.22. The van der Waals surface area contributed by atoms with Gasteiger partial charge < -0.3 is 25.3 Å². The summed E-state index contributed by atoms with van der Waals surface area (Å²) in [5, 5.41) is 2.90. The van der Waals surface area contributed by atoms with Crippen molar-refractivity contribution in [3.05, 3.63) is 18.2 Å². The summed E-state index contributed by atoms with van der Waals surface area (Å²) in [5.41, 5.74) is 5.67. The zero-order chi connectivity index (χ0) is 15.6. The highest BCUT2D eigenvalue weighted by Gasteiger charge is 2.66. The Morgan fingerprint density at radius 3 is 2.57 bits per heavy atom. The van der Waals surface area contributed by atoms with Crippen LogP contribution in [-0.2, 0) is 4.79 Å². The third-order valence-corrected chi connectivity index (χ3v) is 4.22. The third kappa shape index (κ3) is 2.76. The standard InChI is InChI=1S/C14H14F2N2O4.ClH/c15-14(16)21-9-2-1-8(3-10(9)22-14)20-4-11(19)18-13-5-12(17,6-13)7-13;/h1-3H,4-7,17H2,(H,18,19);1H. The molecule has 1 aliphatic heterocycles. The van der Waals surface area contributed by atoms with Gasteiger partial charge in [-0.3, -0.25) is 4.79 Å². The van der Waals surface area contributed by atoms with E-state index in [0.717, 1.165) is 19.3 Å². The van der Waals surface area contributed by atoms with Gasteiger partial charge in [-0.15, -0.1) is 21.2 Å². The monoisotopic (exact) mass is 348 g/mol. The molecule has 2 bridgehead atoms. The number of nitrogens with one attached hydrogen (secondary N) is 1. The maximum Gasteiger partial charge on any atom is 0.586 e. The molecule has 9 heteroatoms. The van der Waals surface area contributed by atoms with Crippen molar-refractivity contribution in [2.45, 2.75) is 36.6 Å². The fraction of sp³-hybridized carbons (Fsp3) is 0.500. The molecule has 0 aromatic heterocycles. The van der Waals surface area contributed by atoms with Crippen LogP contribution in [0.25, 0.3) is 0 Å². The maximum atomic E-state index is 12.9. The smallest absolute Gasteiger partial charge is 0.484 e. The van der Waals surface area contributed by atoms with Gasteiger partial charge in [-0.1, -0.05) is 0 Å². The van der Waals surface area contributed by atoms with E-state index in [2.05, 4.69) is 14.8 Å². The first kappa shape index (κ1) is 16.1. The number of halogens is 3. The molecule has 0 saturated heterocycles. The molecule has 0 radical (unpaired) electrons. The van der Waals surface area contributed by atoms with Gasteiger partial charge in [0.1, 0.15) is 5.75 Å². The average molecular weight is 349 g/mol. The van der Waals surface area contributed by atoms with E-state index in [1.165, 1.54) is 18.2 Å². The quantitative estimate of drug-likeness (QED) is 0.863. The van der Waals surface area contributed by atoms with Crippen molar-refractivity contribution in [3.63, 3.8) is 0 Å². The number of nitrogens with two attached hydrogens (primary N) is 1. The number of amides is 1. The number of benzene rings is 1. The molecule has 1 heterocycles. The van der Waals surface area contributed by atoms with Crippen LogP contribution in [0.4, 0.5) is 8.78 Å². The zero-order valence-corrected chi connectivity index (χ0v) is 12.8. The summed E-state index contributed by atoms with van der Waals surface area (Å²) in [6, 6.07) is 4.01. The van der Waals surface area contributed by atoms with Gasteiger partial charge in [0.2, 0.25) is 0 Å². The summed E-state index contributed by atoms with van der Waals surface area (Å²) in [6.07, 6.45) is -1.28. The van der Waals surface area contributed by atoms with E-state index in [0.29, 0.717) is 0 Å². The summed E-state index contributed by atoms with van der Waals surface area (Å²) in [5.74, 6) is -0.191. The van der Waals surface area contributed by atoms with E-state index in [4.69, 9.17) is 10.5 Å². The van der Waals surface area contributed by atoms with E-state index in [1.807, 2.05) is 0 Å². The number of hydrogen-bond donors (Lipinski definition) is 2. The second kappa shape index (κ2) is 4.85. The molecule has 0 spiro atoms. The average Bonchev–Trinajstić information content (AvgIpc) is 2.66. The minimum Gasteiger partial charge on any atom is -0.484 e. The minimum absolute atomic E-state index is 0. The molecule has 0 atom stereocenters. The molecule has 3 saturated carbocycles. The van der Waals surface area contributed by atoms with Crippen molar-refractivity contribution in [1.29, 1.82) is 0 Å². The summed E-state index contributed by atoms with van der Waals surface area (Å²) in [4.78, 5) is 11.8. The Balaban J connectivity index is 0.00000156. The van der Waals surface area contributed by atoms with Gasteiger partial charge in [-0.25, -0.2) is 0 Å². The van der Waals surface area contributed by atoms with Gasteiger partial charge in [0.15, 0.2) is 18.1 Å². The highest BCUT2D eigenvalue weighted by Crippen LogP contribution is 2.58. The molecule has 126 valence electrons. The number of ether oxygens (including phenoxy) is 3. The molecule has 1 amide bonds. The predicted octanol–water partition coefficient (Wildman–Crippen LogP) is 1.56. The lowest BCUT2D eigenvalue weighted by atomic mass is 9.44. The summed E-state index contributed by atoms with van der Waals surface area (Å²) >= 11 is 0. The first-order chi connectivity index (χ1) is 10.3. The number of hydrogen-bond acceptors (Lipinski definition) is 5. The molecule has 3 N–H and O–H groups in total. The Kier molecular flexibility index (Phi) is 3.39. The van der Waals surface area contributed by atoms with E-state index in [-0.39, 0.29) is 53.2 Å². The van der Waals surface area contributed by atoms with E-state index in [1.54, 1.807) is 0 Å². The molecule has 3 aliphatic carbocycles. The van der Waals surface area contributed by atoms with Crippen molar-refractivity contribution in [2.24, 2.45) is 5.73 Å². The van der Waals surface area contributed by atoms with Crippen LogP contribution >= 0.6 is 12.4 Å². The van der Waals surface area contributed by atoms with Crippen LogP contribution in [0.3, 0.4) is 0 Å². The van der Waals surface area contributed by atoms with Crippen LogP contribution in [0, 0.1) is 0 Å². The van der Waals surface area contributed by atoms with Crippen molar-refractivity contribution in [1.82, 2.24) is 5.32 Å².